The maximum absolute atomic E-state index is 13.8. The van der Waals surface area contributed by atoms with Gasteiger partial charge in [0.2, 0.25) is 0 Å². The number of fused-ring (bicyclic) bond motifs is 1. The average Bonchev–Trinajstić information content (AvgIpc) is 3.28. The largest absolute Gasteiger partial charge is 0.350 e. The molecule has 2 fully saturated rings. The lowest BCUT2D eigenvalue weighted by Gasteiger charge is -2.22. The first kappa shape index (κ1) is 19.6. The van der Waals surface area contributed by atoms with Gasteiger partial charge in [0.1, 0.15) is 24.2 Å². The number of halogens is 2. The molecule has 29 heavy (non-hydrogen) atoms. The third-order valence-electron chi connectivity index (χ3n) is 5.21. The van der Waals surface area contributed by atoms with Gasteiger partial charge in [0, 0.05) is 23.6 Å². The van der Waals surface area contributed by atoms with Gasteiger partial charge < -0.3 is 4.90 Å². The Morgan fingerprint density at radius 1 is 1.38 bits per heavy atom. The van der Waals surface area contributed by atoms with E-state index in [0.29, 0.717) is 22.7 Å². The Bertz CT molecular complexity index is 985. The number of nitrogens with two attached hydrogens (primary N) is 1. The molecular weight excluding hydrogens is 380 g/mol. The molecule has 3 heterocycles. The van der Waals surface area contributed by atoms with E-state index in [1.54, 1.807) is 15.8 Å². The molecule has 2 aliphatic rings. The Hall–Kier alpha value is -2.72. The van der Waals surface area contributed by atoms with Crippen LogP contribution in [0, 0.1) is 5.41 Å². The molecule has 3 N–H and O–H groups in total. The van der Waals surface area contributed by atoms with Gasteiger partial charge in [-0.25, -0.2) is 29.3 Å². The molecule has 0 bridgehead atoms. The number of aromatic nitrogens is 4. The predicted octanol–water partition coefficient (Wildman–Crippen LogP) is 2.45. The Kier molecular flexibility index (Phi) is 4.50. The molecule has 11 heteroatoms. The number of alkyl halides is 2. The summed E-state index contributed by atoms with van der Waals surface area (Å²) in [6.07, 6.45) is 3.29. The molecule has 1 aliphatic heterocycles. The molecule has 0 radical (unpaired) electrons. The highest BCUT2D eigenvalue weighted by Gasteiger charge is 2.40. The van der Waals surface area contributed by atoms with Crippen LogP contribution in [-0.4, -0.2) is 55.3 Å². The van der Waals surface area contributed by atoms with E-state index in [1.165, 1.54) is 4.70 Å². The normalized spacial score (nSPS) is 19.9. The summed E-state index contributed by atoms with van der Waals surface area (Å²) >= 11 is 0. The van der Waals surface area contributed by atoms with Crippen LogP contribution in [-0.2, 0) is 12.0 Å². The minimum atomic E-state index is -2.73. The van der Waals surface area contributed by atoms with Gasteiger partial charge in [-0.2, -0.15) is 10.5 Å². The van der Waals surface area contributed by atoms with Crippen LogP contribution in [0.5, 0.6) is 0 Å². The summed E-state index contributed by atoms with van der Waals surface area (Å²) < 4.78 is 30.8. The van der Waals surface area contributed by atoms with Crippen molar-refractivity contribution in [2.24, 2.45) is 11.1 Å². The van der Waals surface area contributed by atoms with Crippen molar-refractivity contribution in [3.63, 3.8) is 0 Å². The number of hydrogen-bond donors (Lipinski definition) is 2. The van der Waals surface area contributed by atoms with E-state index in [1.807, 2.05) is 20.8 Å². The van der Waals surface area contributed by atoms with Gasteiger partial charge >= 0.3 is 0 Å². The molecule has 1 saturated carbocycles. The van der Waals surface area contributed by atoms with Crippen LogP contribution in [0.1, 0.15) is 45.9 Å². The molecule has 0 unspecified atom stereocenters. The summed E-state index contributed by atoms with van der Waals surface area (Å²) in [5.41, 5.74) is 0.146. The maximum Gasteiger partial charge on any atom is 0.270 e. The zero-order valence-corrected chi connectivity index (χ0v) is 16.9. The molecule has 2 aromatic heterocycles. The molecule has 0 spiro atoms. The molecule has 2 aromatic rings. The Balaban J connectivity index is 1.75. The summed E-state index contributed by atoms with van der Waals surface area (Å²) in [6.45, 7) is 5.91. The standard InChI is InChI=1S/C18H25F2N9/c1-17(2,3)16-24-14(27-7-6-18(19,20)10-27)12-8-23-28(15(12)25-16)9-13(21)29(26-22)11-4-5-11/h8,11,21-22H,4-7,9-10H2,1-3H3/p+1. The van der Waals surface area contributed by atoms with E-state index >= 15 is 0 Å². The Morgan fingerprint density at radius 2 is 2.10 bits per heavy atom. The van der Waals surface area contributed by atoms with Crippen molar-refractivity contribution in [3.8, 4) is 0 Å². The topological polar surface area (TPSA) is 112 Å². The van der Waals surface area contributed by atoms with Gasteiger partial charge in [0.15, 0.2) is 5.65 Å². The van der Waals surface area contributed by atoms with Gasteiger partial charge in [-0.3, -0.25) is 0 Å². The summed E-state index contributed by atoms with van der Waals surface area (Å²) in [6, 6.07) is 0.163. The van der Waals surface area contributed by atoms with Crippen molar-refractivity contribution < 1.29 is 13.5 Å². The zero-order chi connectivity index (χ0) is 21.0. The van der Waals surface area contributed by atoms with Gasteiger partial charge in [0.05, 0.1) is 18.1 Å². The quantitative estimate of drug-likeness (QED) is 0.202. The van der Waals surface area contributed by atoms with Gasteiger partial charge in [0.25, 0.3) is 11.8 Å². The van der Waals surface area contributed by atoms with Crippen molar-refractivity contribution in [1.29, 1.82) is 5.41 Å². The monoisotopic (exact) mass is 406 g/mol. The van der Waals surface area contributed by atoms with E-state index in [4.69, 9.17) is 11.3 Å². The number of amidine groups is 1. The lowest BCUT2D eigenvalue weighted by atomic mass is 9.95. The van der Waals surface area contributed by atoms with E-state index in [2.05, 4.69) is 20.3 Å². The van der Waals surface area contributed by atoms with Crippen LogP contribution < -0.4 is 10.7 Å². The fraction of sp³-hybridized carbons (Fsp3) is 0.667. The first-order valence-electron chi connectivity index (χ1n) is 9.73. The summed E-state index contributed by atoms with van der Waals surface area (Å²) in [7, 11) is 0. The highest BCUT2D eigenvalue weighted by atomic mass is 19.3. The van der Waals surface area contributed by atoms with Crippen molar-refractivity contribution in [3.05, 3.63) is 12.0 Å². The summed E-state index contributed by atoms with van der Waals surface area (Å²) in [5, 5.41) is 17.0. The zero-order valence-electron chi connectivity index (χ0n) is 16.9. The summed E-state index contributed by atoms with van der Waals surface area (Å²) in [5.74, 6) is 3.95. The number of nitrogens with one attached hydrogen (secondary N) is 1. The molecule has 9 nitrogen and oxygen atoms in total. The molecule has 1 aliphatic carbocycles. The van der Waals surface area contributed by atoms with E-state index < -0.39 is 5.92 Å². The predicted molar refractivity (Wildman–Crippen MR) is 103 cm³/mol. The Morgan fingerprint density at radius 3 is 2.66 bits per heavy atom. The SMILES string of the molecule is CC(C)(C)c1nc(N2CCC(F)(F)C2)c2cnn(CC(=N)[N+](=NN)C3CC3)c2n1. The van der Waals surface area contributed by atoms with Crippen molar-refractivity contribution in [2.75, 3.05) is 18.0 Å². The molecule has 0 atom stereocenters. The first-order chi connectivity index (χ1) is 13.6. The molecule has 156 valence electrons. The number of nitrogens with zero attached hydrogens (tertiary/aromatic N) is 7. The highest BCUT2D eigenvalue weighted by molar-refractivity contribution is 5.88. The molecular formula is C18H26F2N9+. The second-order valence-electron chi connectivity index (χ2n) is 8.83. The van der Waals surface area contributed by atoms with Crippen molar-refractivity contribution in [2.45, 2.75) is 64.0 Å². The molecule has 0 amide bonds. The second-order valence-corrected chi connectivity index (χ2v) is 8.83. The van der Waals surface area contributed by atoms with Crippen LogP contribution in [0.2, 0.25) is 0 Å². The van der Waals surface area contributed by atoms with Gasteiger partial charge in [-0.05, 0) is 12.8 Å². The van der Waals surface area contributed by atoms with Crippen LogP contribution in [0.4, 0.5) is 14.6 Å². The Labute approximate surface area is 167 Å². The number of hydrogen-bond acceptors (Lipinski definition) is 6. The highest BCUT2D eigenvalue weighted by Crippen LogP contribution is 2.35. The second kappa shape index (κ2) is 6.67. The maximum atomic E-state index is 13.8. The fourth-order valence-electron chi connectivity index (χ4n) is 3.47. The van der Waals surface area contributed by atoms with Crippen molar-refractivity contribution >= 4 is 22.7 Å². The van der Waals surface area contributed by atoms with E-state index in [0.717, 1.165) is 12.8 Å². The average molecular weight is 406 g/mol. The van der Waals surface area contributed by atoms with Crippen LogP contribution in [0.15, 0.2) is 11.4 Å². The molecule has 1 saturated heterocycles. The van der Waals surface area contributed by atoms with Crippen molar-refractivity contribution in [1.82, 2.24) is 19.7 Å². The van der Waals surface area contributed by atoms with E-state index in [9.17, 15) is 8.78 Å². The van der Waals surface area contributed by atoms with Gasteiger partial charge in [-0.15, -0.1) is 4.70 Å². The minimum absolute atomic E-state index is 0.136. The van der Waals surface area contributed by atoms with Gasteiger partial charge in [-0.1, -0.05) is 20.8 Å². The first-order valence-corrected chi connectivity index (χ1v) is 9.73. The number of rotatable bonds is 4. The number of anilines is 1. The fourth-order valence-corrected chi connectivity index (χ4v) is 3.47. The smallest absolute Gasteiger partial charge is 0.270 e. The third kappa shape index (κ3) is 3.77. The minimum Gasteiger partial charge on any atom is -0.350 e. The molecule has 0 aromatic carbocycles. The van der Waals surface area contributed by atoms with E-state index in [-0.39, 0.29) is 43.3 Å². The van der Waals surface area contributed by atoms with Crippen LogP contribution >= 0.6 is 0 Å². The third-order valence-corrected chi connectivity index (χ3v) is 5.21. The van der Waals surface area contributed by atoms with Crippen LogP contribution in [0.25, 0.3) is 11.0 Å². The lowest BCUT2D eigenvalue weighted by molar-refractivity contribution is -0.503. The van der Waals surface area contributed by atoms with Crippen LogP contribution in [0.3, 0.4) is 0 Å². The summed E-state index contributed by atoms with van der Waals surface area (Å²) in [4.78, 5) is 10.9. The lowest BCUT2D eigenvalue weighted by Crippen LogP contribution is -2.28. The molecule has 4 rings (SSSR count).